The lowest BCUT2D eigenvalue weighted by molar-refractivity contribution is -0.164. The highest BCUT2D eigenvalue weighted by Crippen LogP contribution is 2.23. The van der Waals surface area contributed by atoms with E-state index in [4.69, 9.17) is 14.9 Å². The van der Waals surface area contributed by atoms with E-state index in [0.717, 1.165) is 30.4 Å². The number of carboxylic acid groups (broad SMARTS) is 1. The summed E-state index contributed by atoms with van der Waals surface area (Å²) < 4.78 is 32.1. The first-order valence-corrected chi connectivity index (χ1v) is 8.41. The fraction of sp³-hybridized carbons (Fsp3) is 0.444. The van der Waals surface area contributed by atoms with Crippen LogP contribution in [0.1, 0.15) is 24.8 Å². The summed E-state index contributed by atoms with van der Waals surface area (Å²) in [5.74, 6) is -3.08. The van der Waals surface area contributed by atoms with Gasteiger partial charge >= 0.3 is 5.97 Å². The molecule has 7 nitrogen and oxygen atoms in total. The predicted octanol–water partition coefficient (Wildman–Crippen LogP) is 0.838. The van der Waals surface area contributed by atoms with Gasteiger partial charge in [-0.3, -0.25) is 4.79 Å². The molecule has 0 spiro atoms. The van der Waals surface area contributed by atoms with Crippen LogP contribution in [0, 0.1) is 11.6 Å². The van der Waals surface area contributed by atoms with Crippen molar-refractivity contribution in [2.75, 3.05) is 6.61 Å². The molecule has 1 saturated heterocycles. The van der Waals surface area contributed by atoms with Crippen LogP contribution in [0.3, 0.4) is 0 Å². The van der Waals surface area contributed by atoms with Gasteiger partial charge in [-0.1, -0.05) is 0 Å². The zero-order valence-corrected chi connectivity index (χ0v) is 14.3. The van der Waals surface area contributed by atoms with Gasteiger partial charge in [0.25, 0.3) is 0 Å². The number of amides is 1. The summed E-state index contributed by atoms with van der Waals surface area (Å²) in [6, 6.07) is 2.25. The van der Waals surface area contributed by atoms with E-state index in [2.05, 4.69) is 5.32 Å². The molecule has 0 aliphatic carbocycles. The maximum Gasteiger partial charge on any atom is 0.332 e. The van der Waals surface area contributed by atoms with E-state index in [1.165, 1.54) is 0 Å². The zero-order chi connectivity index (χ0) is 20.0. The van der Waals surface area contributed by atoms with Crippen molar-refractivity contribution in [3.8, 4) is 0 Å². The molecule has 1 aromatic rings. The molecule has 1 fully saturated rings. The van der Waals surface area contributed by atoms with Crippen LogP contribution in [-0.2, 0) is 14.3 Å². The second-order valence-electron chi connectivity index (χ2n) is 6.27. The number of rotatable bonds is 7. The second kappa shape index (κ2) is 9.54. The molecule has 0 unspecified atom stereocenters. The second-order valence-corrected chi connectivity index (χ2v) is 6.27. The molecule has 1 amide bonds. The van der Waals surface area contributed by atoms with Gasteiger partial charge in [-0.05, 0) is 37.1 Å². The van der Waals surface area contributed by atoms with E-state index in [9.17, 15) is 23.5 Å². The van der Waals surface area contributed by atoms with Crippen LogP contribution in [0.25, 0.3) is 6.08 Å². The van der Waals surface area contributed by atoms with E-state index >= 15 is 0 Å². The van der Waals surface area contributed by atoms with Crippen molar-refractivity contribution in [1.82, 2.24) is 5.32 Å². The Labute approximate surface area is 154 Å². The van der Waals surface area contributed by atoms with Crippen molar-refractivity contribution in [3.63, 3.8) is 0 Å². The first-order chi connectivity index (χ1) is 12.8. The molecule has 4 N–H and O–H groups in total. The monoisotopic (exact) mass is 385 g/mol. The molecule has 9 heteroatoms. The number of aliphatic carboxylic acids is 1. The van der Waals surface area contributed by atoms with Crippen molar-refractivity contribution in [1.29, 1.82) is 0 Å². The zero-order valence-electron chi connectivity index (χ0n) is 14.3. The van der Waals surface area contributed by atoms with Crippen molar-refractivity contribution >= 4 is 18.0 Å². The molecular weight excluding hydrogens is 364 g/mol. The summed E-state index contributed by atoms with van der Waals surface area (Å²) >= 11 is 0. The number of hydrogen-bond donors (Lipinski definition) is 4. The van der Waals surface area contributed by atoms with Crippen molar-refractivity contribution in [2.24, 2.45) is 0 Å². The average molecular weight is 385 g/mol. The maximum atomic E-state index is 13.6. The number of carbonyl (C=O) groups excluding carboxylic acids is 1. The molecule has 148 valence electrons. The van der Waals surface area contributed by atoms with E-state index in [-0.39, 0.29) is 24.8 Å². The third-order valence-corrected chi connectivity index (χ3v) is 4.22. The number of aliphatic hydroxyl groups is 2. The predicted molar refractivity (Wildman–Crippen MR) is 90.6 cm³/mol. The maximum absolute atomic E-state index is 13.6. The van der Waals surface area contributed by atoms with E-state index in [0.29, 0.717) is 0 Å². The lowest BCUT2D eigenvalue weighted by atomic mass is 9.94. The summed E-state index contributed by atoms with van der Waals surface area (Å²) in [6.07, 6.45) is -0.472. The Morgan fingerprint density at radius 2 is 2.07 bits per heavy atom. The minimum absolute atomic E-state index is 0.0620. The van der Waals surface area contributed by atoms with Crippen LogP contribution in [0.2, 0.25) is 0 Å². The quantitative estimate of drug-likeness (QED) is 0.517. The highest BCUT2D eigenvalue weighted by atomic mass is 19.1. The summed E-state index contributed by atoms with van der Waals surface area (Å²) in [4.78, 5) is 23.2. The normalized spacial score (nSPS) is 23.9. The summed E-state index contributed by atoms with van der Waals surface area (Å²) in [5, 5.41) is 30.3. The minimum Gasteiger partial charge on any atom is -0.479 e. The van der Waals surface area contributed by atoms with Crippen LogP contribution < -0.4 is 5.32 Å². The molecule has 0 aromatic heterocycles. The number of halogens is 2. The largest absolute Gasteiger partial charge is 0.479 e. The Hall–Kier alpha value is -2.36. The van der Waals surface area contributed by atoms with Crippen molar-refractivity contribution < 1.29 is 38.4 Å². The third kappa shape index (κ3) is 6.09. The van der Waals surface area contributed by atoms with Gasteiger partial charge in [0.1, 0.15) is 11.6 Å². The number of benzene rings is 1. The Morgan fingerprint density at radius 3 is 2.74 bits per heavy atom. The van der Waals surface area contributed by atoms with Gasteiger partial charge in [0, 0.05) is 18.1 Å². The highest BCUT2D eigenvalue weighted by molar-refractivity contribution is 5.92. The van der Waals surface area contributed by atoms with Crippen LogP contribution in [0.15, 0.2) is 24.3 Å². The Balaban J connectivity index is 2.03. The summed E-state index contributed by atoms with van der Waals surface area (Å²) in [6.45, 7) is -0.531. The molecule has 0 radical (unpaired) electrons. The third-order valence-electron chi connectivity index (χ3n) is 4.22. The van der Waals surface area contributed by atoms with Gasteiger partial charge in [0.15, 0.2) is 6.10 Å². The van der Waals surface area contributed by atoms with Crippen LogP contribution >= 0.6 is 0 Å². The Bertz CT molecular complexity index is 711. The van der Waals surface area contributed by atoms with Crippen LogP contribution in [0.4, 0.5) is 8.78 Å². The van der Waals surface area contributed by atoms with Gasteiger partial charge in [0.05, 0.1) is 24.9 Å². The average Bonchev–Trinajstić information content (AvgIpc) is 2.63. The first-order valence-electron chi connectivity index (χ1n) is 8.41. The molecule has 0 saturated carbocycles. The number of hydrogen-bond acceptors (Lipinski definition) is 5. The number of aliphatic hydroxyl groups excluding tert-OH is 2. The van der Waals surface area contributed by atoms with Crippen LogP contribution in [0.5, 0.6) is 0 Å². The Morgan fingerprint density at radius 1 is 1.33 bits per heavy atom. The first kappa shape index (κ1) is 20.9. The minimum atomic E-state index is -1.15. The topological polar surface area (TPSA) is 116 Å². The number of ether oxygens (including phenoxy) is 1. The van der Waals surface area contributed by atoms with Gasteiger partial charge in [-0.2, -0.15) is 0 Å². The standard InChI is InChI=1S/C18H21F2NO6/c19-11-2-3-13(20)10(7-11)1-6-17(24)21-14-4-5-15(18(25)26)27-16(14)8-12(23)9-22/h1-3,6-7,12,14-16,22-23H,4-5,8-9H2,(H,21,24)(H,25,26)/b6-1+/t12-,14+,15-,16+/m0/s1. The Kier molecular flexibility index (Phi) is 7.40. The molecule has 1 aromatic carbocycles. The smallest absolute Gasteiger partial charge is 0.332 e. The van der Waals surface area contributed by atoms with E-state index in [1.807, 2.05) is 0 Å². The van der Waals surface area contributed by atoms with Gasteiger partial charge in [0.2, 0.25) is 5.91 Å². The highest BCUT2D eigenvalue weighted by Gasteiger charge is 2.36. The van der Waals surface area contributed by atoms with Crippen LogP contribution in [-0.4, -0.2) is 58.2 Å². The van der Waals surface area contributed by atoms with E-state index in [1.54, 1.807) is 0 Å². The fourth-order valence-corrected chi connectivity index (χ4v) is 2.84. The summed E-state index contributed by atoms with van der Waals surface area (Å²) in [5.41, 5.74) is -0.0942. The molecule has 1 heterocycles. The lowest BCUT2D eigenvalue weighted by Crippen LogP contribution is -2.51. The van der Waals surface area contributed by atoms with E-state index < -0.39 is 54.5 Å². The fourth-order valence-electron chi connectivity index (χ4n) is 2.84. The number of nitrogens with one attached hydrogen (secondary N) is 1. The number of carboxylic acids is 1. The van der Waals surface area contributed by atoms with Crippen molar-refractivity contribution in [2.45, 2.75) is 43.6 Å². The number of carbonyl (C=O) groups is 2. The SMILES string of the molecule is O=C(/C=C/c1cc(F)ccc1F)N[C@@H]1CC[C@@H](C(=O)O)O[C@@H]1C[C@H](O)CO. The van der Waals surface area contributed by atoms with Gasteiger partial charge < -0.3 is 25.4 Å². The molecule has 4 atom stereocenters. The molecular formula is C18H21F2NO6. The van der Waals surface area contributed by atoms with Gasteiger partial charge in [-0.15, -0.1) is 0 Å². The molecule has 27 heavy (non-hydrogen) atoms. The molecule has 1 aliphatic rings. The molecule has 0 bridgehead atoms. The van der Waals surface area contributed by atoms with Gasteiger partial charge in [-0.25, -0.2) is 13.6 Å². The summed E-state index contributed by atoms with van der Waals surface area (Å²) in [7, 11) is 0. The molecule has 1 aliphatic heterocycles. The van der Waals surface area contributed by atoms with Crippen molar-refractivity contribution in [3.05, 3.63) is 41.5 Å². The lowest BCUT2D eigenvalue weighted by Gasteiger charge is -2.36. The molecule has 2 rings (SSSR count).